The van der Waals surface area contributed by atoms with Gasteiger partial charge in [0.1, 0.15) is 0 Å². The second kappa shape index (κ2) is 8.53. The molecule has 0 bridgehead atoms. The molecule has 0 saturated carbocycles. The number of pyridine rings is 1. The van der Waals surface area contributed by atoms with E-state index in [2.05, 4.69) is 29.6 Å². The quantitative estimate of drug-likeness (QED) is 0.504. The van der Waals surface area contributed by atoms with Crippen molar-refractivity contribution in [3.8, 4) is 0 Å². The van der Waals surface area contributed by atoms with Gasteiger partial charge in [0.05, 0.1) is 11.3 Å². The van der Waals surface area contributed by atoms with Crippen molar-refractivity contribution in [1.82, 2.24) is 10.3 Å². The lowest BCUT2D eigenvalue weighted by atomic mass is 9.99. The fraction of sp³-hybridized carbons (Fsp3) is 0.600. The van der Waals surface area contributed by atoms with Gasteiger partial charge in [-0.05, 0) is 25.3 Å². The molecular formula is C15H26N4O. The van der Waals surface area contributed by atoms with E-state index in [4.69, 9.17) is 5.84 Å². The third-order valence-corrected chi connectivity index (χ3v) is 3.54. The Morgan fingerprint density at radius 1 is 1.45 bits per heavy atom. The smallest absolute Gasteiger partial charge is 0.255 e. The minimum Gasteiger partial charge on any atom is -0.352 e. The summed E-state index contributed by atoms with van der Waals surface area (Å²) < 4.78 is 0. The van der Waals surface area contributed by atoms with Gasteiger partial charge < -0.3 is 10.7 Å². The van der Waals surface area contributed by atoms with Crippen molar-refractivity contribution in [2.24, 2.45) is 11.8 Å². The fourth-order valence-electron chi connectivity index (χ4n) is 2.14. The average Bonchev–Trinajstić information content (AvgIpc) is 2.47. The van der Waals surface area contributed by atoms with Crippen LogP contribution in [-0.2, 0) is 0 Å². The SMILES string of the molecule is CCCCC(CC)CNC(=O)c1cnc(C)cc1NN. The van der Waals surface area contributed by atoms with Crippen LogP contribution in [0.2, 0.25) is 0 Å². The van der Waals surface area contributed by atoms with Crippen LogP contribution in [0.5, 0.6) is 0 Å². The molecule has 0 saturated heterocycles. The van der Waals surface area contributed by atoms with Crippen molar-refractivity contribution in [1.29, 1.82) is 0 Å². The van der Waals surface area contributed by atoms with Crippen LogP contribution in [0.25, 0.3) is 0 Å². The minimum absolute atomic E-state index is 0.125. The van der Waals surface area contributed by atoms with Gasteiger partial charge in [0.2, 0.25) is 0 Å². The minimum atomic E-state index is -0.125. The summed E-state index contributed by atoms with van der Waals surface area (Å²) in [6.45, 7) is 6.91. The molecule has 0 aliphatic carbocycles. The van der Waals surface area contributed by atoms with Crippen LogP contribution >= 0.6 is 0 Å². The Morgan fingerprint density at radius 3 is 2.80 bits per heavy atom. The predicted molar refractivity (Wildman–Crippen MR) is 82.4 cm³/mol. The molecule has 0 fully saturated rings. The predicted octanol–water partition coefficient (Wildman–Crippen LogP) is 2.62. The molecule has 1 unspecified atom stereocenters. The van der Waals surface area contributed by atoms with E-state index in [1.807, 2.05) is 6.92 Å². The highest BCUT2D eigenvalue weighted by Gasteiger charge is 2.13. The zero-order valence-corrected chi connectivity index (χ0v) is 12.7. The summed E-state index contributed by atoms with van der Waals surface area (Å²) in [5.74, 6) is 5.86. The number of hydrogen-bond donors (Lipinski definition) is 3. The lowest BCUT2D eigenvalue weighted by Crippen LogP contribution is -2.30. The molecule has 1 atom stereocenters. The van der Waals surface area contributed by atoms with E-state index in [9.17, 15) is 4.79 Å². The maximum atomic E-state index is 12.2. The van der Waals surface area contributed by atoms with Crippen molar-refractivity contribution in [2.75, 3.05) is 12.0 Å². The highest BCUT2D eigenvalue weighted by atomic mass is 16.1. The number of hydrazine groups is 1. The lowest BCUT2D eigenvalue weighted by molar-refractivity contribution is 0.0946. The summed E-state index contributed by atoms with van der Waals surface area (Å²) in [7, 11) is 0. The Morgan fingerprint density at radius 2 is 2.20 bits per heavy atom. The molecule has 4 N–H and O–H groups in total. The average molecular weight is 278 g/mol. The number of anilines is 1. The maximum Gasteiger partial charge on any atom is 0.255 e. The molecule has 0 aliphatic heterocycles. The molecule has 20 heavy (non-hydrogen) atoms. The van der Waals surface area contributed by atoms with Gasteiger partial charge in [0, 0.05) is 18.4 Å². The van der Waals surface area contributed by atoms with Crippen molar-refractivity contribution in [3.05, 3.63) is 23.5 Å². The van der Waals surface area contributed by atoms with Gasteiger partial charge in [-0.1, -0.05) is 33.1 Å². The zero-order valence-electron chi connectivity index (χ0n) is 12.7. The molecular weight excluding hydrogens is 252 g/mol. The summed E-state index contributed by atoms with van der Waals surface area (Å²) in [6.07, 6.45) is 6.19. The number of carbonyl (C=O) groups excluding carboxylic acids is 1. The van der Waals surface area contributed by atoms with Crippen LogP contribution in [-0.4, -0.2) is 17.4 Å². The molecule has 1 aromatic heterocycles. The number of aryl methyl sites for hydroxylation is 1. The number of carbonyl (C=O) groups is 1. The molecule has 1 heterocycles. The summed E-state index contributed by atoms with van der Waals surface area (Å²) in [6, 6.07) is 1.77. The van der Waals surface area contributed by atoms with E-state index in [1.54, 1.807) is 12.3 Å². The molecule has 112 valence electrons. The monoisotopic (exact) mass is 278 g/mol. The second-order valence-corrected chi connectivity index (χ2v) is 5.14. The summed E-state index contributed by atoms with van der Waals surface area (Å²) in [4.78, 5) is 16.3. The fourth-order valence-corrected chi connectivity index (χ4v) is 2.14. The number of nitrogens with two attached hydrogens (primary N) is 1. The van der Waals surface area contributed by atoms with E-state index < -0.39 is 0 Å². The molecule has 0 spiro atoms. The molecule has 0 aliphatic rings. The third kappa shape index (κ3) is 4.81. The number of hydrogen-bond acceptors (Lipinski definition) is 4. The standard InChI is InChI=1S/C15H26N4O/c1-4-6-7-12(5-2)9-18-15(20)13-10-17-11(3)8-14(13)19-16/h8,10,12H,4-7,9,16H2,1-3H3,(H,17,19)(H,18,20). The molecule has 0 aromatic carbocycles. The largest absolute Gasteiger partial charge is 0.352 e. The molecule has 5 heteroatoms. The van der Waals surface area contributed by atoms with E-state index >= 15 is 0 Å². The van der Waals surface area contributed by atoms with Crippen LogP contribution in [0.1, 0.15) is 55.6 Å². The Kier molecular flexibility index (Phi) is 7.01. The van der Waals surface area contributed by atoms with Crippen molar-refractivity contribution in [2.45, 2.75) is 46.5 Å². The van der Waals surface area contributed by atoms with Gasteiger partial charge in [0.15, 0.2) is 0 Å². The van der Waals surface area contributed by atoms with Crippen molar-refractivity contribution in [3.63, 3.8) is 0 Å². The summed E-state index contributed by atoms with van der Waals surface area (Å²) >= 11 is 0. The molecule has 1 amide bonds. The Bertz CT molecular complexity index is 434. The number of aromatic nitrogens is 1. The normalized spacial score (nSPS) is 12.0. The van der Waals surface area contributed by atoms with Gasteiger partial charge in [0.25, 0.3) is 5.91 Å². The first-order chi connectivity index (χ1) is 9.62. The second-order valence-electron chi connectivity index (χ2n) is 5.14. The Labute approximate surface area is 121 Å². The number of nitrogen functional groups attached to an aromatic ring is 1. The molecule has 1 rings (SSSR count). The van der Waals surface area contributed by atoms with Gasteiger partial charge in [-0.15, -0.1) is 0 Å². The van der Waals surface area contributed by atoms with Crippen LogP contribution in [0.15, 0.2) is 12.3 Å². The third-order valence-electron chi connectivity index (χ3n) is 3.54. The number of amides is 1. The van der Waals surface area contributed by atoms with Crippen molar-refractivity contribution >= 4 is 11.6 Å². The van der Waals surface area contributed by atoms with E-state index in [1.165, 1.54) is 12.8 Å². The maximum absolute atomic E-state index is 12.2. The van der Waals surface area contributed by atoms with E-state index in [-0.39, 0.29) is 5.91 Å². The first kappa shape index (κ1) is 16.4. The van der Waals surface area contributed by atoms with Gasteiger partial charge in [-0.3, -0.25) is 15.6 Å². The number of nitrogens with one attached hydrogen (secondary N) is 2. The highest BCUT2D eigenvalue weighted by molar-refractivity contribution is 5.99. The van der Waals surface area contributed by atoms with Crippen LogP contribution in [0.4, 0.5) is 5.69 Å². The number of rotatable bonds is 8. The van der Waals surface area contributed by atoms with Gasteiger partial charge in [-0.2, -0.15) is 0 Å². The van der Waals surface area contributed by atoms with Crippen LogP contribution < -0.4 is 16.6 Å². The van der Waals surface area contributed by atoms with Gasteiger partial charge in [-0.25, -0.2) is 0 Å². The number of nitrogens with zero attached hydrogens (tertiary/aromatic N) is 1. The molecule has 0 radical (unpaired) electrons. The number of unbranched alkanes of at least 4 members (excludes halogenated alkanes) is 1. The zero-order chi connectivity index (χ0) is 15.0. The van der Waals surface area contributed by atoms with Crippen molar-refractivity contribution < 1.29 is 4.79 Å². The first-order valence-corrected chi connectivity index (χ1v) is 7.33. The summed E-state index contributed by atoms with van der Waals surface area (Å²) in [5.41, 5.74) is 4.47. The molecule has 5 nitrogen and oxygen atoms in total. The Balaban J connectivity index is 2.62. The topological polar surface area (TPSA) is 80.0 Å². The Hall–Kier alpha value is -1.62. The molecule has 1 aromatic rings. The van der Waals surface area contributed by atoms with E-state index in [0.717, 1.165) is 18.5 Å². The van der Waals surface area contributed by atoms with Crippen LogP contribution in [0.3, 0.4) is 0 Å². The summed E-state index contributed by atoms with van der Waals surface area (Å²) in [5, 5.41) is 2.98. The first-order valence-electron chi connectivity index (χ1n) is 7.33. The van der Waals surface area contributed by atoms with Gasteiger partial charge >= 0.3 is 0 Å². The lowest BCUT2D eigenvalue weighted by Gasteiger charge is -2.16. The van der Waals surface area contributed by atoms with Crippen LogP contribution in [0, 0.1) is 12.8 Å². The highest BCUT2D eigenvalue weighted by Crippen LogP contribution is 2.15. The van der Waals surface area contributed by atoms with E-state index in [0.29, 0.717) is 23.7 Å².